The first-order valence-electron chi connectivity index (χ1n) is 11.1. The minimum Gasteiger partial charge on any atom is -0.481 e. The topological polar surface area (TPSA) is 101 Å². The van der Waals surface area contributed by atoms with Crippen LogP contribution in [0.25, 0.3) is 33.5 Å². The third kappa shape index (κ3) is 4.79. The van der Waals surface area contributed by atoms with E-state index >= 15 is 0 Å². The highest BCUT2D eigenvalue weighted by molar-refractivity contribution is 9.10. The van der Waals surface area contributed by atoms with Crippen LogP contribution in [0.4, 0.5) is 4.39 Å². The van der Waals surface area contributed by atoms with Crippen molar-refractivity contribution in [2.45, 2.75) is 38.2 Å². The molecule has 2 aromatic carbocycles. The van der Waals surface area contributed by atoms with Crippen LogP contribution in [0.15, 0.2) is 53.3 Å². The Bertz CT molecular complexity index is 1330. The first-order valence-corrected chi connectivity index (χ1v) is 11.9. The van der Waals surface area contributed by atoms with E-state index in [-0.39, 0.29) is 24.5 Å². The maximum Gasteiger partial charge on any atom is 0.316 e. The Balaban J connectivity index is 1.27. The van der Waals surface area contributed by atoms with Gasteiger partial charge in [-0.05, 0) is 77.4 Å². The Labute approximate surface area is 203 Å². The number of hydrogen-bond donors (Lipinski definition) is 2. The van der Waals surface area contributed by atoms with E-state index in [0.717, 1.165) is 41.2 Å². The maximum atomic E-state index is 15.0. The zero-order valence-electron chi connectivity index (χ0n) is 18.2. The van der Waals surface area contributed by atoms with E-state index in [9.17, 15) is 9.18 Å². The van der Waals surface area contributed by atoms with Crippen LogP contribution in [0.1, 0.15) is 32.1 Å². The van der Waals surface area contributed by atoms with Crippen molar-refractivity contribution in [1.29, 1.82) is 0 Å². The molecule has 2 N–H and O–H groups in total. The number of halogens is 2. The fourth-order valence-electron chi connectivity index (χ4n) is 4.39. The summed E-state index contributed by atoms with van der Waals surface area (Å²) in [6, 6.07) is 10.9. The van der Waals surface area contributed by atoms with Gasteiger partial charge in [0, 0.05) is 28.9 Å². The molecule has 0 saturated heterocycles. The molecule has 0 radical (unpaired) electrons. The highest BCUT2D eigenvalue weighted by Crippen LogP contribution is 2.31. The monoisotopic (exact) mass is 524 g/mol. The van der Waals surface area contributed by atoms with Crippen LogP contribution in [0.2, 0.25) is 0 Å². The van der Waals surface area contributed by atoms with Gasteiger partial charge in [0.1, 0.15) is 23.3 Å². The molecule has 9 heteroatoms. The lowest BCUT2D eigenvalue weighted by Gasteiger charge is -2.27. The summed E-state index contributed by atoms with van der Waals surface area (Å²) in [4.78, 5) is 27.1. The summed E-state index contributed by atoms with van der Waals surface area (Å²) in [5.74, 6) is -0.479. The highest BCUT2D eigenvalue weighted by Gasteiger charge is 2.24. The molecular weight excluding hydrogens is 503 g/mol. The smallest absolute Gasteiger partial charge is 0.316 e. The van der Waals surface area contributed by atoms with Crippen molar-refractivity contribution in [2.75, 3.05) is 0 Å². The standard InChI is InChI=1S/C25H22BrFN4O3/c26-19-2-1-3-21-23(19)31-24(30-21)18-9-6-15(11-20(18)27)16-12-28-25(29-13-16)34-17-7-4-14(5-8-17)10-22(32)33/h1-3,6,9,11-14,17H,4-5,7-8,10H2,(H,30,31)(H,32,33). The van der Waals surface area contributed by atoms with Crippen LogP contribution < -0.4 is 4.74 Å². The fourth-order valence-corrected chi connectivity index (χ4v) is 4.84. The molecular formula is C25H22BrFN4O3. The number of nitrogens with one attached hydrogen (secondary N) is 1. The number of aliphatic carboxylic acids is 1. The zero-order valence-corrected chi connectivity index (χ0v) is 19.8. The number of H-pyrrole nitrogens is 1. The number of imidazole rings is 1. The van der Waals surface area contributed by atoms with Crippen LogP contribution >= 0.6 is 15.9 Å². The van der Waals surface area contributed by atoms with Gasteiger partial charge in [-0.2, -0.15) is 0 Å². The summed E-state index contributed by atoms with van der Waals surface area (Å²) in [5, 5.41) is 8.94. The van der Waals surface area contributed by atoms with Crippen molar-refractivity contribution >= 4 is 32.9 Å². The van der Waals surface area contributed by atoms with E-state index in [1.165, 1.54) is 6.07 Å². The molecule has 5 rings (SSSR count). The number of aromatic nitrogens is 4. The number of carboxylic acids is 1. The molecule has 1 aliphatic rings. The van der Waals surface area contributed by atoms with Gasteiger partial charge in [-0.15, -0.1) is 0 Å². The normalized spacial score (nSPS) is 18.2. The largest absolute Gasteiger partial charge is 0.481 e. The molecule has 1 aliphatic carbocycles. The van der Waals surface area contributed by atoms with E-state index in [1.54, 1.807) is 18.5 Å². The number of fused-ring (bicyclic) bond motifs is 1. The van der Waals surface area contributed by atoms with Crippen LogP contribution in [0.5, 0.6) is 6.01 Å². The van der Waals surface area contributed by atoms with Crippen molar-refractivity contribution in [3.63, 3.8) is 0 Å². The third-order valence-electron chi connectivity index (χ3n) is 6.18. The summed E-state index contributed by atoms with van der Waals surface area (Å²) >= 11 is 3.47. The average molecular weight is 525 g/mol. The molecule has 4 aromatic rings. The van der Waals surface area contributed by atoms with Gasteiger partial charge in [0.25, 0.3) is 0 Å². The summed E-state index contributed by atoms with van der Waals surface area (Å²) in [5.41, 5.74) is 3.29. The molecule has 2 aromatic heterocycles. The summed E-state index contributed by atoms with van der Waals surface area (Å²) in [7, 11) is 0. The molecule has 2 heterocycles. The fraction of sp³-hybridized carbons (Fsp3) is 0.280. The zero-order chi connectivity index (χ0) is 23.7. The SMILES string of the molecule is O=C(O)CC1CCC(Oc2ncc(-c3ccc(-c4nc5c(Br)cccc5[nH]4)c(F)c3)cn2)CC1. The average Bonchev–Trinajstić information content (AvgIpc) is 3.26. The van der Waals surface area contributed by atoms with Gasteiger partial charge in [0.15, 0.2) is 0 Å². The van der Waals surface area contributed by atoms with Crippen LogP contribution in [0.3, 0.4) is 0 Å². The Kier molecular flexibility index (Phi) is 6.28. The van der Waals surface area contributed by atoms with Crippen molar-refractivity contribution in [2.24, 2.45) is 5.92 Å². The molecule has 7 nitrogen and oxygen atoms in total. The number of rotatable bonds is 6. The van der Waals surface area contributed by atoms with Gasteiger partial charge >= 0.3 is 12.0 Å². The molecule has 34 heavy (non-hydrogen) atoms. The summed E-state index contributed by atoms with van der Waals surface area (Å²) < 4.78 is 21.7. The summed E-state index contributed by atoms with van der Waals surface area (Å²) in [6.07, 6.45) is 6.64. The van der Waals surface area contributed by atoms with E-state index in [1.807, 2.05) is 24.3 Å². The first kappa shape index (κ1) is 22.5. The number of ether oxygens (including phenoxy) is 1. The van der Waals surface area contributed by atoms with Gasteiger partial charge in [-0.25, -0.2) is 19.3 Å². The minimum absolute atomic E-state index is 0.0172. The van der Waals surface area contributed by atoms with Crippen LogP contribution in [0, 0.1) is 11.7 Å². The third-order valence-corrected chi connectivity index (χ3v) is 6.82. The van der Waals surface area contributed by atoms with Crippen LogP contribution in [-0.4, -0.2) is 37.1 Å². The number of aromatic amines is 1. The maximum absolute atomic E-state index is 15.0. The molecule has 0 amide bonds. The number of nitrogens with zero attached hydrogens (tertiary/aromatic N) is 3. The lowest BCUT2D eigenvalue weighted by atomic mass is 9.85. The van der Waals surface area contributed by atoms with Crippen molar-refractivity contribution in [3.05, 3.63) is 59.1 Å². The Hall–Kier alpha value is -3.33. The Morgan fingerprint density at radius 2 is 1.88 bits per heavy atom. The number of benzene rings is 2. The molecule has 1 fully saturated rings. The molecule has 0 spiro atoms. The highest BCUT2D eigenvalue weighted by atomic mass is 79.9. The van der Waals surface area contributed by atoms with E-state index < -0.39 is 11.8 Å². The summed E-state index contributed by atoms with van der Waals surface area (Å²) in [6.45, 7) is 0. The second-order valence-electron chi connectivity index (χ2n) is 8.53. The molecule has 1 saturated carbocycles. The van der Waals surface area contributed by atoms with Crippen molar-refractivity contribution < 1.29 is 19.0 Å². The predicted molar refractivity (Wildman–Crippen MR) is 129 cm³/mol. The number of para-hydroxylation sites is 1. The van der Waals surface area contributed by atoms with Crippen molar-refractivity contribution in [3.8, 4) is 28.5 Å². The molecule has 0 bridgehead atoms. The second kappa shape index (κ2) is 9.50. The first-order chi connectivity index (χ1) is 16.5. The van der Waals surface area contributed by atoms with E-state index in [2.05, 4.69) is 35.9 Å². The van der Waals surface area contributed by atoms with Gasteiger partial charge in [-0.1, -0.05) is 12.1 Å². The van der Waals surface area contributed by atoms with Gasteiger partial charge in [0.05, 0.1) is 11.1 Å². The lowest BCUT2D eigenvalue weighted by molar-refractivity contribution is -0.138. The van der Waals surface area contributed by atoms with Gasteiger partial charge < -0.3 is 14.8 Å². The number of carboxylic acid groups (broad SMARTS) is 1. The Morgan fingerprint density at radius 3 is 2.56 bits per heavy atom. The Morgan fingerprint density at radius 1 is 1.12 bits per heavy atom. The molecule has 0 atom stereocenters. The number of carbonyl (C=O) groups is 1. The lowest BCUT2D eigenvalue weighted by Crippen LogP contribution is -2.25. The molecule has 174 valence electrons. The predicted octanol–water partition coefficient (Wildman–Crippen LogP) is 6.00. The molecule has 0 unspecified atom stereocenters. The van der Waals surface area contributed by atoms with E-state index in [0.29, 0.717) is 22.5 Å². The van der Waals surface area contributed by atoms with Gasteiger partial charge in [-0.3, -0.25) is 4.79 Å². The van der Waals surface area contributed by atoms with Crippen LogP contribution in [-0.2, 0) is 4.79 Å². The quantitative estimate of drug-likeness (QED) is 0.320. The minimum atomic E-state index is -0.751. The van der Waals surface area contributed by atoms with Crippen molar-refractivity contribution in [1.82, 2.24) is 19.9 Å². The van der Waals surface area contributed by atoms with E-state index in [4.69, 9.17) is 9.84 Å². The molecule has 0 aliphatic heterocycles. The second-order valence-corrected chi connectivity index (χ2v) is 9.38. The van der Waals surface area contributed by atoms with Gasteiger partial charge in [0.2, 0.25) is 0 Å². The number of hydrogen-bond acceptors (Lipinski definition) is 5.